The maximum atomic E-state index is 12.9. The summed E-state index contributed by atoms with van der Waals surface area (Å²) in [5.74, 6) is -6.79. The number of carbonyl (C=O) groups excluding carboxylic acids is 3. The SMILES string of the molecule is C=CSC1=C(C(=O)O)N2C(=O)C(NC(=O)C(=NOCC(=O)O)c3csc(NC(=O)C(F)(F)F)n3)[C@@H]2SC1. The number of carbonyl (C=O) groups is 5. The number of aliphatic carboxylic acids is 2. The van der Waals surface area contributed by atoms with Crippen LogP contribution in [-0.2, 0) is 28.8 Å². The number of nitrogens with one attached hydrogen (secondary N) is 2. The molecule has 13 nitrogen and oxygen atoms in total. The quantitative estimate of drug-likeness (QED) is 0.175. The lowest BCUT2D eigenvalue weighted by Crippen LogP contribution is -2.71. The van der Waals surface area contributed by atoms with Gasteiger partial charge in [-0.15, -0.1) is 23.1 Å². The number of thiazole rings is 1. The van der Waals surface area contributed by atoms with E-state index in [4.69, 9.17) is 5.11 Å². The van der Waals surface area contributed by atoms with Crippen molar-refractivity contribution in [3.8, 4) is 0 Å². The molecule has 0 saturated carbocycles. The summed E-state index contributed by atoms with van der Waals surface area (Å²) in [4.78, 5) is 68.8. The van der Waals surface area contributed by atoms with Crippen LogP contribution >= 0.6 is 34.9 Å². The normalized spacial score (nSPS) is 19.5. The standard InChI is InChI=1S/C18H14F3N5O8S3/c1-2-35-7-5-36-14-10(13(30)26(14)11(7)15(31)32)23-12(29)9(25-34-3-8(27)28)6-4-37-17(22-6)24-16(33)18(19,20)21/h2,4,10,14H,1,3,5H2,(H,23,29)(H,27,28)(H,31,32)(H,22,24,33)/t10?,14-/m0/s1. The van der Waals surface area contributed by atoms with Crippen molar-refractivity contribution in [1.82, 2.24) is 15.2 Å². The number of rotatable bonds is 10. The predicted molar refractivity (Wildman–Crippen MR) is 124 cm³/mol. The maximum absolute atomic E-state index is 12.9. The van der Waals surface area contributed by atoms with Gasteiger partial charge in [0, 0.05) is 16.0 Å². The molecule has 3 heterocycles. The molecule has 4 N–H and O–H groups in total. The van der Waals surface area contributed by atoms with E-state index >= 15 is 0 Å². The van der Waals surface area contributed by atoms with E-state index in [0.717, 1.165) is 33.8 Å². The Morgan fingerprint density at radius 3 is 2.65 bits per heavy atom. The second-order valence-corrected chi connectivity index (χ2v) is 9.84. The van der Waals surface area contributed by atoms with Crippen LogP contribution in [-0.4, -0.2) is 85.4 Å². The second-order valence-electron chi connectivity index (χ2n) is 6.82. The van der Waals surface area contributed by atoms with E-state index in [2.05, 4.69) is 26.9 Å². The highest BCUT2D eigenvalue weighted by atomic mass is 32.2. The Morgan fingerprint density at radius 2 is 2.05 bits per heavy atom. The molecule has 0 spiro atoms. The van der Waals surface area contributed by atoms with Gasteiger partial charge in [0.1, 0.15) is 22.8 Å². The molecule has 2 aliphatic heterocycles. The topological polar surface area (TPSA) is 188 Å². The fourth-order valence-corrected chi connectivity index (χ4v) is 5.82. The van der Waals surface area contributed by atoms with Gasteiger partial charge in [-0.25, -0.2) is 14.6 Å². The Bertz CT molecular complexity index is 1230. The zero-order valence-corrected chi connectivity index (χ0v) is 20.4. The molecular formula is C18H14F3N5O8S3. The molecule has 37 heavy (non-hydrogen) atoms. The molecule has 0 aliphatic carbocycles. The van der Waals surface area contributed by atoms with Gasteiger partial charge in [0.15, 0.2) is 10.8 Å². The first-order valence-corrected chi connectivity index (χ1v) is 12.4. The monoisotopic (exact) mass is 581 g/mol. The van der Waals surface area contributed by atoms with Gasteiger partial charge in [-0.3, -0.25) is 24.6 Å². The van der Waals surface area contributed by atoms with Gasteiger partial charge in [-0.2, -0.15) is 13.2 Å². The van der Waals surface area contributed by atoms with Crippen LogP contribution < -0.4 is 10.6 Å². The highest BCUT2D eigenvalue weighted by Gasteiger charge is 2.54. The Labute approximate surface area is 216 Å². The summed E-state index contributed by atoms with van der Waals surface area (Å²) in [5, 5.41) is 26.6. The minimum absolute atomic E-state index is 0.205. The molecule has 1 aromatic heterocycles. The number of amides is 3. The Kier molecular flexibility index (Phi) is 8.49. The van der Waals surface area contributed by atoms with Crippen LogP contribution in [0, 0.1) is 0 Å². The third-order valence-corrected chi connectivity index (χ3v) is 7.44. The van der Waals surface area contributed by atoms with Crippen molar-refractivity contribution in [2.24, 2.45) is 5.16 Å². The lowest BCUT2D eigenvalue weighted by atomic mass is 10.0. The van der Waals surface area contributed by atoms with Crippen molar-refractivity contribution in [3.63, 3.8) is 0 Å². The lowest BCUT2D eigenvalue weighted by molar-refractivity contribution is -0.167. The average molecular weight is 582 g/mol. The molecule has 0 aromatic carbocycles. The molecule has 2 aliphatic rings. The number of oxime groups is 1. The number of anilines is 1. The molecule has 198 valence electrons. The number of alkyl halides is 3. The van der Waals surface area contributed by atoms with Gasteiger partial charge < -0.3 is 20.4 Å². The van der Waals surface area contributed by atoms with Gasteiger partial charge in [-0.05, 0) is 5.41 Å². The predicted octanol–water partition coefficient (Wildman–Crippen LogP) is 1.02. The molecule has 3 rings (SSSR count). The molecule has 19 heteroatoms. The third kappa shape index (κ3) is 6.23. The average Bonchev–Trinajstić information content (AvgIpc) is 3.27. The fraction of sp³-hybridized carbons (Fsp3) is 0.278. The molecule has 0 bridgehead atoms. The first kappa shape index (κ1) is 28.0. The van der Waals surface area contributed by atoms with Crippen LogP contribution in [0.2, 0.25) is 0 Å². The Hall–Kier alpha value is -3.58. The summed E-state index contributed by atoms with van der Waals surface area (Å²) in [6.07, 6.45) is -5.20. The summed E-state index contributed by atoms with van der Waals surface area (Å²) < 4.78 is 37.5. The Morgan fingerprint density at radius 1 is 1.35 bits per heavy atom. The molecule has 1 aromatic rings. The highest BCUT2D eigenvalue weighted by molar-refractivity contribution is 8.08. The highest BCUT2D eigenvalue weighted by Crippen LogP contribution is 2.43. The van der Waals surface area contributed by atoms with Crippen LogP contribution in [0.25, 0.3) is 0 Å². The van der Waals surface area contributed by atoms with Gasteiger partial charge in [0.2, 0.25) is 6.61 Å². The van der Waals surface area contributed by atoms with E-state index < -0.39 is 64.7 Å². The molecule has 1 saturated heterocycles. The van der Waals surface area contributed by atoms with Gasteiger partial charge in [0.25, 0.3) is 11.8 Å². The van der Waals surface area contributed by atoms with Crippen LogP contribution in [0.3, 0.4) is 0 Å². The number of halogens is 3. The zero-order valence-electron chi connectivity index (χ0n) is 18.0. The van der Waals surface area contributed by atoms with Crippen LogP contribution in [0.15, 0.2) is 33.1 Å². The first-order chi connectivity index (χ1) is 17.3. The van der Waals surface area contributed by atoms with Crippen LogP contribution in [0.1, 0.15) is 5.69 Å². The zero-order chi connectivity index (χ0) is 27.5. The van der Waals surface area contributed by atoms with E-state index in [9.17, 15) is 42.3 Å². The number of carboxylic acid groups (broad SMARTS) is 2. The number of aromatic nitrogens is 1. The molecule has 1 fully saturated rings. The minimum atomic E-state index is -5.20. The number of hydrogen-bond acceptors (Lipinski definition) is 11. The maximum Gasteiger partial charge on any atom is 0.471 e. The molecule has 0 radical (unpaired) electrons. The number of nitrogens with zero attached hydrogens (tertiary/aromatic N) is 3. The van der Waals surface area contributed by atoms with Crippen molar-refractivity contribution in [1.29, 1.82) is 0 Å². The number of fused-ring (bicyclic) bond motifs is 1. The number of carboxylic acids is 2. The van der Waals surface area contributed by atoms with Gasteiger partial charge >= 0.3 is 24.0 Å². The van der Waals surface area contributed by atoms with E-state index in [1.54, 1.807) is 0 Å². The van der Waals surface area contributed by atoms with Crippen LogP contribution in [0.4, 0.5) is 18.3 Å². The van der Waals surface area contributed by atoms with E-state index in [0.29, 0.717) is 16.2 Å². The van der Waals surface area contributed by atoms with Crippen LogP contribution in [0.5, 0.6) is 0 Å². The first-order valence-electron chi connectivity index (χ1n) is 9.60. The van der Waals surface area contributed by atoms with Gasteiger partial charge in [-0.1, -0.05) is 23.5 Å². The summed E-state index contributed by atoms with van der Waals surface area (Å²) in [6.45, 7) is 2.54. The molecule has 3 amide bonds. The van der Waals surface area contributed by atoms with Crippen molar-refractivity contribution in [2.45, 2.75) is 17.6 Å². The Balaban J connectivity index is 1.81. The van der Waals surface area contributed by atoms with E-state index in [-0.39, 0.29) is 17.1 Å². The summed E-state index contributed by atoms with van der Waals surface area (Å²) in [6, 6.07) is -1.21. The largest absolute Gasteiger partial charge is 0.479 e. The summed E-state index contributed by atoms with van der Waals surface area (Å²) in [7, 11) is 0. The molecule has 1 unspecified atom stereocenters. The third-order valence-electron chi connectivity index (χ3n) is 4.43. The number of hydrogen-bond donors (Lipinski definition) is 4. The molecular weight excluding hydrogens is 567 g/mol. The number of thioether (sulfide) groups is 2. The van der Waals surface area contributed by atoms with Crippen molar-refractivity contribution in [3.05, 3.63) is 33.7 Å². The minimum Gasteiger partial charge on any atom is -0.479 e. The van der Waals surface area contributed by atoms with Gasteiger partial charge in [0.05, 0.1) is 0 Å². The smallest absolute Gasteiger partial charge is 0.471 e. The molecule has 2 atom stereocenters. The van der Waals surface area contributed by atoms with Crippen molar-refractivity contribution < 1.29 is 52.2 Å². The summed E-state index contributed by atoms with van der Waals surface area (Å²) in [5.41, 5.74) is -1.34. The summed E-state index contributed by atoms with van der Waals surface area (Å²) >= 11 is 2.71. The number of β-lactam (4-membered cyclic amide) rings is 1. The lowest BCUT2D eigenvalue weighted by Gasteiger charge is -2.49. The van der Waals surface area contributed by atoms with Crippen molar-refractivity contribution in [2.75, 3.05) is 17.7 Å². The fourth-order valence-electron chi connectivity index (χ4n) is 2.96. The second kappa shape index (κ2) is 11.2. The van der Waals surface area contributed by atoms with E-state index in [1.807, 2.05) is 0 Å². The van der Waals surface area contributed by atoms with E-state index in [1.165, 1.54) is 10.7 Å². The van der Waals surface area contributed by atoms with Crippen molar-refractivity contribution >= 4 is 75.4 Å².